The van der Waals surface area contributed by atoms with E-state index >= 15 is 0 Å². The van der Waals surface area contributed by atoms with Crippen molar-refractivity contribution in [3.05, 3.63) is 61.6 Å². The number of hydrogen-bond acceptors (Lipinski definition) is 3. The summed E-state index contributed by atoms with van der Waals surface area (Å²) in [6.07, 6.45) is 0. The van der Waals surface area contributed by atoms with E-state index in [1.807, 2.05) is 12.1 Å². The summed E-state index contributed by atoms with van der Waals surface area (Å²) in [4.78, 5) is 10.5. The van der Waals surface area contributed by atoms with Gasteiger partial charge in [-0.3, -0.25) is 10.1 Å². The van der Waals surface area contributed by atoms with Crippen LogP contribution in [0.4, 0.5) is 5.69 Å². The lowest BCUT2D eigenvalue weighted by Gasteiger charge is -2.10. The normalized spacial score (nSPS) is 10.3. The molecule has 2 aromatic rings. The Hall–Kier alpha value is -1.11. The third kappa shape index (κ3) is 3.50. The Bertz CT molecular complexity index is 664. The summed E-state index contributed by atoms with van der Waals surface area (Å²) in [7, 11) is 0. The van der Waals surface area contributed by atoms with Crippen LogP contribution >= 0.6 is 43.5 Å². The van der Waals surface area contributed by atoms with Gasteiger partial charge in [-0.25, -0.2) is 0 Å². The van der Waals surface area contributed by atoms with Gasteiger partial charge in [0.15, 0.2) is 0 Å². The van der Waals surface area contributed by atoms with E-state index in [1.54, 1.807) is 6.07 Å². The second kappa shape index (κ2) is 6.56. The molecule has 0 radical (unpaired) electrons. The van der Waals surface area contributed by atoms with Gasteiger partial charge in [-0.15, -0.1) is 0 Å². The van der Waals surface area contributed by atoms with Crippen molar-refractivity contribution in [1.29, 1.82) is 0 Å². The number of rotatable bonds is 4. The fraction of sp³-hybridized carbons (Fsp3) is 0.0769. The molecule has 4 nitrogen and oxygen atoms in total. The number of halogens is 3. The lowest BCUT2D eigenvalue weighted by Crippen LogP contribution is -1.95. The summed E-state index contributed by atoms with van der Waals surface area (Å²) in [5, 5.41) is 12.0. The zero-order valence-corrected chi connectivity index (χ0v) is 13.9. The Morgan fingerprint density at radius 1 is 1.20 bits per heavy atom. The quantitative estimate of drug-likeness (QED) is 0.362. The minimum Gasteiger partial charge on any atom is -0.450 e. The van der Waals surface area contributed by atoms with Crippen molar-refractivity contribution in [2.45, 2.75) is 5.33 Å². The summed E-state index contributed by atoms with van der Waals surface area (Å²) in [5.74, 6) is 0.643. The van der Waals surface area contributed by atoms with Gasteiger partial charge >= 0.3 is 5.69 Å². The van der Waals surface area contributed by atoms with E-state index in [0.29, 0.717) is 16.1 Å². The van der Waals surface area contributed by atoms with E-state index in [2.05, 4.69) is 31.9 Å². The molecule has 2 aromatic carbocycles. The topological polar surface area (TPSA) is 52.4 Å². The SMILES string of the molecule is O=[N+]([O-])c1ccc(Cl)cc1Oc1cc(Br)ccc1CBr. The maximum Gasteiger partial charge on any atom is 0.311 e. The highest BCUT2D eigenvalue weighted by Gasteiger charge is 2.17. The molecule has 0 aliphatic rings. The van der Waals surface area contributed by atoms with Crippen molar-refractivity contribution in [3.8, 4) is 11.5 Å². The van der Waals surface area contributed by atoms with Crippen LogP contribution in [0.2, 0.25) is 5.02 Å². The maximum absolute atomic E-state index is 11.0. The summed E-state index contributed by atoms with van der Waals surface area (Å²) in [6, 6.07) is 9.70. The number of nitro groups is 1. The Kier molecular flexibility index (Phi) is 5.01. The molecule has 0 amide bonds. The number of nitrogens with zero attached hydrogens (tertiary/aromatic N) is 1. The number of hydrogen-bond donors (Lipinski definition) is 0. The summed E-state index contributed by atoms with van der Waals surface area (Å²) in [6.45, 7) is 0. The summed E-state index contributed by atoms with van der Waals surface area (Å²) in [5.41, 5.74) is 0.748. The maximum atomic E-state index is 11.0. The lowest BCUT2D eigenvalue weighted by molar-refractivity contribution is -0.385. The van der Waals surface area contributed by atoms with Crippen molar-refractivity contribution in [3.63, 3.8) is 0 Å². The Morgan fingerprint density at radius 2 is 1.95 bits per heavy atom. The summed E-state index contributed by atoms with van der Waals surface area (Å²) < 4.78 is 6.49. The largest absolute Gasteiger partial charge is 0.450 e. The second-order valence-electron chi connectivity index (χ2n) is 3.86. The minimum atomic E-state index is -0.503. The van der Waals surface area contributed by atoms with Gasteiger partial charge in [0.25, 0.3) is 0 Å². The molecule has 0 bridgehead atoms. The minimum absolute atomic E-state index is 0.114. The number of benzene rings is 2. The van der Waals surface area contributed by atoms with Crippen LogP contribution in [0, 0.1) is 10.1 Å². The Balaban J connectivity index is 2.46. The van der Waals surface area contributed by atoms with Crippen molar-refractivity contribution < 1.29 is 9.66 Å². The zero-order valence-electron chi connectivity index (χ0n) is 9.98. The van der Waals surface area contributed by atoms with Crippen LogP contribution in [-0.2, 0) is 5.33 Å². The van der Waals surface area contributed by atoms with Crippen molar-refractivity contribution in [1.82, 2.24) is 0 Å². The van der Waals surface area contributed by atoms with Crippen LogP contribution in [-0.4, -0.2) is 4.92 Å². The van der Waals surface area contributed by atoms with Gasteiger partial charge in [0.05, 0.1) is 4.92 Å². The first-order valence-electron chi connectivity index (χ1n) is 5.47. The van der Waals surface area contributed by atoms with Crippen LogP contribution < -0.4 is 4.74 Å². The van der Waals surface area contributed by atoms with Gasteiger partial charge in [-0.1, -0.05) is 49.5 Å². The Labute approximate surface area is 137 Å². The van der Waals surface area contributed by atoms with E-state index in [9.17, 15) is 10.1 Å². The van der Waals surface area contributed by atoms with E-state index < -0.39 is 4.92 Å². The van der Waals surface area contributed by atoms with Crippen LogP contribution in [0.25, 0.3) is 0 Å². The van der Waals surface area contributed by atoms with Crippen LogP contribution in [0.5, 0.6) is 11.5 Å². The molecular formula is C13H8Br2ClNO3. The predicted molar refractivity (Wildman–Crippen MR) is 85.0 cm³/mol. The smallest absolute Gasteiger partial charge is 0.311 e. The third-order valence-corrected chi connectivity index (χ3v) is 3.84. The highest BCUT2D eigenvalue weighted by Crippen LogP contribution is 2.36. The molecule has 0 saturated carbocycles. The molecule has 7 heteroatoms. The molecule has 0 fully saturated rings. The molecule has 0 atom stereocenters. The third-order valence-electron chi connectivity index (χ3n) is 2.51. The van der Waals surface area contributed by atoms with Gasteiger partial charge in [-0.05, 0) is 18.2 Å². The summed E-state index contributed by atoms with van der Waals surface area (Å²) >= 11 is 12.6. The predicted octanol–water partition coefficient (Wildman–Crippen LogP) is 5.70. The fourth-order valence-electron chi connectivity index (χ4n) is 1.57. The molecule has 104 valence electrons. The van der Waals surface area contributed by atoms with Crippen molar-refractivity contribution in [2.75, 3.05) is 0 Å². The zero-order chi connectivity index (χ0) is 14.7. The molecule has 0 saturated heterocycles. The molecule has 2 rings (SSSR count). The first-order valence-corrected chi connectivity index (χ1v) is 7.76. The van der Waals surface area contributed by atoms with Crippen LogP contribution in [0.15, 0.2) is 40.9 Å². The fourth-order valence-corrected chi connectivity index (χ4v) is 2.54. The highest BCUT2D eigenvalue weighted by molar-refractivity contribution is 9.10. The lowest BCUT2D eigenvalue weighted by atomic mass is 10.2. The van der Waals surface area contributed by atoms with Crippen LogP contribution in [0.1, 0.15) is 5.56 Å². The molecule has 0 spiro atoms. The highest BCUT2D eigenvalue weighted by atomic mass is 79.9. The molecular weight excluding hydrogens is 413 g/mol. The van der Waals surface area contributed by atoms with E-state index in [0.717, 1.165) is 10.0 Å². The van der Waals surface area contributed by atoms with Gasteiger partial charge in [0, 0.05) is 32.5 Å². The first-order chi connectivity index (χ1) is 9.51. The molecule has 0 unspecified atom stereocenters. The first kappa shape index (κ1) is 15.3. The van der Waals surface area contributed by atoms with Gasteiger partial charge in [0.2, 0.25) is 5.75 Å². The molecule has 0 aromatic heterocycles. The van der Waals surface area contributed by atoms with E-state index in [-0.39, 0.29) is 11.4 Å². The van der Waals surface area contributed by atoms with Crippen molar-refractivity contribution >= 4 is 49.1 Å². The molecule has 0 heterocycles. The number of nitro benzene ring substituents is 1. The second-order valence-corrected chi connectivity index (χ2v) is 5.77. The Morgan fingerprint density at radius 3 is 2.60 bits per heavy atom. The molecule has 0 aliphatic heterocycles. The van der Waals surface area contributed by atoms with Gasteiger partial charge in [-0.2, -0.15) is 0 Å². The average Bonchev–Trinajstić information content (AvgIpc) is 2.38. The molecule has 20 heavy (non-hydrogen) atoms. The van der Waals surface area contributed by atoms with Crippen LogP contribution in [0.3, 0.4) is 0 Å². The van der Waals surface area contributed by atoms with Gasteiger partial charge < -0.3 is 4.74 Å². The van der Waals surface area contributed by atoms with Gasteiger partial charge in [0.1, 0.15) is 5.75 Å². The van der Waals surface area contributed by atoms with E-state index in [4.69, 9.17) is 16.3 Å². The molecule has 0 aliphatic carbocycles. The molecule has 0 N–H and O–H groups in total. The average molecular weight is 421 g/mol. The van der Waals surface area contributed by atoms with E-state index in [1.165, 1.54) is 18.2 Å². The number of ether oxygens (including phenoxy) is 1. The monoisotopic (exact) mass is 419 g/mol. The van der Waals surface area contributed by atoms with Crippen molar-refractivity contribution in [2.24, 2.45) is 0 Å². The standard InChI is InChI=1S/C13H8Br2ClNO3/c14-7-8-1-2-9(15)5-12(8)20-13-6-10(16)3-4-11(13)17(18)19/h1-6H,7H2. The number of alkyl halides is 1.